The molecule has 1 saturated carbocycles. The largest absolute Gasteiger partial charge is 0.497 e. The maximum atomic E-state index is 12.6. The molecule has 0 radical (unpaired) electrons. The topological polar surface area (TPSA) is 94.0 Å². The molecule has 2 N–H and O–H groups in total. The van der Waals surface area contributed by atoms with Crippen LogP contribution in [0.4, 0.5) is 5.82 Å². The van der Waals surface area contributed by atoms with Gasteiger partial charge in [0.1, 0.15) is 17.4 Å². The van der Waals surface area contributed by atoms with Crippen LogP contribution in [0.1, 0.15) is 48.8 Å². The standard InChI is InChI=1S/C27H30N6O2/c1-3-24-31-25(23-17-28-33(26(23)32-24)21-7-5-4-6-8-21)29-19-11-13-20(14-12-19)30-27(34)18-9-15-22(35-2)16-10-18/h4-10,15-17,19-20H,3,11-14H2,1-2H3,(H,30,34)(H,29,31,32). The number of anilines is 1. The summed E-state index contributed by atoms with van der Waals surface area (Å²) in [6, 6.07) is 17.7. The van der Waals surface area contributed by atoms with Crippen molar-refractivity contribution < 1.29 is 9.53 Å². The van der Waals surface area contributed by atoms with Crippen LogP contribution in [-0.2, 0) is 6.42 Å². The van der Waals surface area contributed by atoms with Gasteiger partial charge >= 0.3 is 0 Å². The highest BCUT2D eigenvalue weighted by Crippen LogP contribution is 2.27. The van der Waals surface area contributed by atoms with Gasteiger partial charge in [-0.25, -0.2) is 14.6 Å². The molecule has 1 aliphatic carbocycles. The Labute approximate surface area is 204 Å². The second-order valence-corrected chi connectivity index (χ2v) is 8.87. The fraction of sp³-hybridized carbons (Fsp3) is 0.333. The lowest BCUT2D eigenvalue weighted by atomic mass is 9.91. The Bertz CT molecular complexity index is 1290. The summed E-state index contributed by atoms with van der Waals surface area (Å²) in [6.45, 7) is 2.06. The number of nitrogens with one attached hydrogen (secondary N) is 2. The first-order valence-corrected chi connectivity index (χ1v) is 12.2. The highest BCUT2D eigenvalue weighted by molar-refractivity contribution is 5.94. The zero-order chi connectivity index (χ0) is 24.2. The molecule has 2 heterocycles. The van der Waals surface area contributed by atoms with Gasteiger partial charge in [-0.05, 0) is 62.1 Å². The van der Waals surface area contributed by atoms with Gasteiger partial charge < -0.3 is 15.4 Å². The first-order valence-electron chi connectivity index (χ1n) is 12.2. The number of aryl methyl sites for hydroxylation is 1. The lowest BCUT2D eigenvalue weighted by Gasteiger charge is -2.30. The van der Waals surface area contributed by atoms with Crippen molar-refractivity contribution in [1.29, 1.82) is 0 Å². The molecular weight excluding hydrogens is 440 g/mol. The SMILES string of the molecule is CCc1nc(NC2CCC(NC(=O)c3ccc(OC)cc3)CC2)c2cnn(-c3ccccc3)c2n1. The average Bonchev–Trinajstić information content (AvgIpc) is 3.34. The molecule has 0 saturated heterocycles. The van der Waals surface area contributed by atoms with Crippen molar-refractivity contribution in [2.45, 2.75) is 51.1 Å². The van der Waals surface area contributed by atoms with Gasteiger partial charge in [0, 0.05) is 24.1 Å². The molecule has 1 fully saturated rings. The van der Waals surface area contributed by atoms with Crippen LogP contribution < -0.4 is 15.4 Å². The number of methoxy groups -OCH3 is 1. The molecule has 4 aromatic rings. The van der Waals surface area contributed by atoms with E-state index in [1.165, 1.54) is 0 Å². The van der Waals surface area contributed by atoms with E-state index in [4.69, 9.17) is 14.7 Å². The van der Waals surface area contributed by atoms with Crippen LogP contribution in [0.25, 0.3) is 16.7 Å². The van der Waals surface area contributed by atoms with Crippen LogP contribution in [0.2, 0.25) is 0 Å². The van der Waals surface area contributed by atoms with E-state index in [0.29, 0.717) is 5.56 Å². The Morgan fingerprint density at radius 1 is 1.00 bits per heavy atom. The van der Waals surface area contributed by atoms with E-state index in [-0.39, 0.29) is 18.0 Å². The van der Waals surface area contributed by atoms with Crippen LogP contribution in [0.15, 0.2) is 60.8 Å². The Hall–Kier alpha value is -3.94. The van der Waals surface area contributed by atoms with Gasteiger partial charge in [0.05, 0.1) is 24.4 Å². The average molecular weight is 471 g/mol. The molecule has 180 valence electrons. The molecule has 1 aliphatic rings. The van der Waals surface area contributed by atoms with Crippen molar-refractivity contribution in [2.24, 2.45) is 0 Å². The molecule has 0 unspecified atom stereocenters. The maximum Gasteiger partial charge on any atom is 0.251 e. The number of nitrogens with zero attached hydrogens (tertiary/aromatic N) is 4. The summed E-state index contributed by atoms with van der Waals surface area (Å²) < 4.78 is 7.04. The van der Waals surface area contributed by atoms with Gasteiger partial charge in [0.2, 0.25) is 0 Å². The lowest BCUT2D eigenvalue weighted by Crippen LogP contribution is -2.40. The molecule has 8 heteroatoms. The van der Waals surface area contributed by atoms with Crippen molar-refractivity contribution in [3.05, 3.63) is 72.2 Å². The number of benzene rings is 2. The molecule has 0 atom stereocenters. The van der Waals surface area contributed by atoms with E-state index in [1.807, 2.05) is 53.3 Å². The number of ether oxygens (including phenoxy) is 1. The molecule has 5 rings (SSSR count). The van der Waals surface area contributed by atoms with E-state index >= 15 is 0 Å². The van der Waals surface area contributed by atoms with Crippen LogP contribution in [-0.4, -0.2) is 44.8 Å². The Kier molecular flexibility index (Phi) is 6.61. The summed E-state index contributed by atoms with van der Waals surface area (Å²) in [5.41, 5.74) is 2.44. The minimum atomic E-state index is -0.0394. The number of carbonyl (C=O) groups is 1. The number of carbonyl (C=O) groups excluding carboxylic acids is 1. The number of amides is 1. The van der Waals surface area contributed by atoms with Crippen molar-refractivity contribution in [2.75, 3.05) is 12.4 Å². The first kappa shape index (κ1) is 22.8. The van der Waals surface area contributed by atoms with Crippen molar-refractivity contribution >= 4 is 22.8 Å². The van der Waals surface area contributed by atoms with Crippen LogP contribution in [0, 0.1) is 0 Å². The Balaban J connectivity index is 1.25. The van der Waals surface area contributed by atoms with Gasteiger partial charge in [0.25, 0.3) is 5.91 Å². The lowest BCUT2D eigenvalue weighted by molar-refractivity contribution is 0.0926. The number of hydrogen-bond donors (Lipinski definition) is 2. The zero-order valence-corrected chi connectivity index (χ0v) is 20.1. The molecule has 2 aromatic heterocycles. The van der Waals surface area contributed by atoms with E-state index in [1.54, 1.807) is 19.2 Å². The first-order chi connectivity index (χ1) is 17.1. The molecule has 0 bridgehead atoms. The van der Waals surface area contributed by atoms with Crippen molar-refractivity contribution in [1.82, 2.24) is 25.1 Å². The van der Waals surface area contributed by atoms with Crippen molar-refractivity contribution in [3.63, 3.8) is 0 Å². The molecule has 0 spiro atoms. The van der Waals surface area contributed by atoms with Crippen molar-refractivity contribution in [3.8, 4) is 11.4 Å². The Morgan fingerprint density at radius 3 is 2.40 bits per heavy atom. The summed E-state index contributed by atoms with van der Waals surface area (Å²) in [6.07, 6.45) is 6.32. The number of hydrogen-bond acceptors (Lipinski definition) is 6. The van der Waals surface area contributed by atoms with E-state index < -0.39 is 0 Å². The van der Waals surface area contributed by atoms with Crippen LogP contribution in [0.5, 0.6) is 5.75 Å². The summed E-state index contributed by atoms with van der Waals surface area (Å²) in [5.74, 6) is 2.33. The van der Waals surface area contributed by atoms with E-state index in [9.17, 15) is 4.79 Å². The number of para-hydroxylation sites is 1. The second kappa shape index (κ2) is 10.1. The molecule has 8 nitrogen and oxygen atoms in total. The van der Waals surface area contributed by atoms with Gasteiger partial charge in [-0.15, -0.1) is 0 Å². The molecule has 35 heavy (non-hydrogen) atoms. The summed E-state index contributed by atoms with van der Waals surface area (Å²) >= 11 is 0. The van der Waals surface area contributed by atoms with Crippen LogP contribution in [0.3, 0.4) is 0 Å². The predicted octanol–water partition coefficient (Wildman–Crippen LogP) is 4.54. The normalized spacial score (nSPS) is 17.8. The summed E-state index contributed by atoms with van der Waals surface area (Å²) in [7, 11) is 1.62. The summed E-state index contributed by atoms with van der Waals surface area (Å²) in [5, 5.41) is 12.3. The molecule has 2 aromatic carbocycles. The van der Waals surface area contributed by atoms with E-state index in [2.05, 4.69) is 22.7 Å². The third kappa shape index (κ3) is 4.96. The molecule has 1 amide bonds. The summed E-state index contributed by atoms with van der Waals surface area (Å²) in [4.78, 5) is 22.2. The monoisotopic (exact) mass is 470 g/mol. The molecule has 0 aliphatic heterocycles. The minimum absolute atomic E-state index is 0.0394. The Morgan fingerprint density at radius 2 is 1.71 bits per heavy atom. The van der Waals surface area contributed by atoms with Gasteiger partial charge in [-0.3, -0.25) is 4.79 Å². The van der Waals surface area contributed by atoms with E-state index in [0.717, 1.165) is 66.2 Å². The smallest absolute Gasteiger partial charge is 0.251 e. The highest BCUT2D eigenvalue weighted by atomic mass is 16.5. The predicted molar refractivity (Wildman–Crippen MR) is 136 cm³/mol. The van der Waals surface area contributed by atoms with Gasteiger partial charge in [0.15, 0.2) is 5.65 Å². The maximum absolute atomic E-state index is 12.6. The minimum Gasteiger partial charge on any atom is -0.497 e. The quantitative estimate of drug-likeness (QED) is 0.412. The fourth-order valence-electron chi connectivity index (χ4n) is 4.57. The number of rotatable bonds is 7. The zero-order valence-electron chi connectivity index (χ0n) is 20.1. The third-order valence-electron chi connectivity index (χ3n) is 6.55. The number of fused-ring (bicyclic) bond motifs is 1. The van der Waals surface area contributed by atoms with Gasteiger partial charge in [-0.2, -0.15) is 5.10 Å². The number of aromatic nitrogens is 4. The highest BCUT2D eigenvalue weighted by Gasteiger charge is 2.24. The second-order valence-electron chi connectivity index (χ2n) is 8.87. The third-order valence-corrected chi connectivity index (χ3v) is 6.55. The molecular formula is C27H30N6O2. The van der Waals surface area contributed by atoms with Gasteiger partial charge in [-0.1, -0.05) is 25.1 Å². The fourth-order valence-corrected chi connectivity index (χ4v) is 4.57. The van der Waals surface area contributed by atoms with Crippen LogP contribution >= 0.6 is 0 Å².